The SMILES string of the molecule is O=C(CCNc1ccccc1F)NC1CCCC1. The van der Waals surface area contributed by atoms with Gasteiger partial charge in [-0.15, -0.1) is 0 Å². The van der Waals surface area contributed by atoms with Crippen LogP contribution in [0.3, 0.4) is 0 Å². The Morgan fingerprint density at radius 1 is 1.28 bits per heavy atom. The molecule has 0 heterocycles. The molecule has 98 valence electrons. The van der Waals surface area contributed by atoms with Gasteiger partial charge in [0.25, 0.3) is 0 Å². The number of rotatable bonds is 5. The monoisotopic (exact) mass is 250 g/mol. The standard InChI is InChI=1S/C14H19FN2O/c15-12-7-3-4-8-13(12)16-10-9-14(18)17-11-5-1-2-6-11/h3-4,7-8,11,16H,1-2,5-6,9-10H2,(H,17,18). The quantitative estimate of drug-likeness (QED) is 0.843. The molecule has 0 saturated heterocycles. The zero-order valence-electron chi connectivity index (χ0n) is 10.4. The van der Waals surface area contributed by atoms with E-state index in [4.69, 9.17) is 0 Å². The summed E-state index contributed by atoms with van der Waals surface area (Å²) < 4.78 is 13.3. The highest BCUT2D eigenvalue weighted by atomic mass is 19.1. The summed E-state index contributed by atoms with van der Waals surface area (Å²) in [5, 5.41) is 5.94. The minimum atomic E-state index is -0.284. The largest absolute Gasteiger partial charge is 0.382 e. The average molecular weight is 250 g/mol. The molecule has 0 aromatic heterocycles. The molecule has 3 nitrogen and oxygen atoms in total. The maximum Gasteiger partial charge on any atom is 0.221 e. The number of para-hydroxylation sites is 1. The van der Waals surface area contributed by atoms with Crippen LogP contribution in [0.1, 0.15) is 32.1 Å². The predicted octanol–water partition coefficient (Wildman–Crippen LogP) is 2.69. The van der Waals surface area contributed by atoms with Crippen molar-refractivity contribution in [2.24, 2.45) is 0 Å². The molecule has 1 aliphatic rings. The number of halogens is 1. The first-order valence-electron chi connectivity index (χ1n) is 6.53. The first kappa shape index (κ1) is 12.9. The number of anilines is 1. The smallest absolute Gasteiger partial charge is 0.221 e. The van der Waals surface area contributed by atoms with E-state index in [1.54, 1.807) is 18.2 Å². The lowest BCUT2D eigenvalue weighted by Gasteiger charge is -2.12. The molecule has 0 spiro atoms. The second kappa shape index (κ2) is 6.38. The fourth-order valence-electron chi connectivity index (χ4n) is 2.29. The Morgan fingerprint density at radius 3 is 2.72 bits per heavy atom. The lowest BCUT2D eigenvalue weighted by molar-refractivity contribution is -0.121. The fraction of sp³-hybridized carbons (Fsp3) is 0.500. The Bertz CT molecular complexity index is 403. The van der Waals surface area contributed by atoms with E-state index in [0.717, 1.165) is 12.8 Å². The summed E-state index contributed by atoms with van der Waals surface area (Å²) >= 11 is 0. The van der Waals surface area contributed by atoms with E-state index in [2.05, 4.69) is 10.6 Å². The summed E-state index contributed by atoms with van der Waals surface area (Å²) in [6.45, 7) is 0.458. The van der Waals surface area contributed by atoms with Gasteiger partial charge < -0.3 is 10.6 Å². The van der Waals surface area contributed by atoms with Crippen molar-refractivity contribution < 1.29 is 9.18 Å². The van der Waals surface area contributed by atoms with E-state index < -0.39 is 0 Å². The van der Waals surface area contributed by atoms with Crippen LogP contribution in [0.4, 0.5) is 10.1 Å². The molecule has 2 N–H and O–H groups in total. The van der Waals surface area contributed by atoms with E-state index in [-0.39, 0.29) is 11.7 Å². The molecule has 4 heteroatoms. The average Bonchev–Trinajstić information content (AvgIpc) is 2.84. The van der Waals surface area contributed by atoms with Gasteiger partial charge in [-0.2, -0.15) is 0 Å². The van der Waals surface area contributed by atoms with E-state index in [9.17, 15) is 9.18 Å². The number of hydrogen-bond donors (Lipinski definition) is 2. The molecule has 0 aliphatic heterocycles. The first-order chi connectivity index (χ1) is 8.75. The highest BCUT2D eigenvalue weighted by Gasteiger charge is 2.16. The summed E-state index contributed by atoms with van der Waals surface area (Å²) in [5.74, 6) is -0.237. The third-order valence-corrected chi connectivity index (χ3v) is 3.26. The molecule has 1 fully saturated rings. The number of benzene rings is 1. The third-order valence-electron chi connectivity index (χ3n) is 3.26. The Kier molecular flexibility index (Phi) is 4.56. The summed E-state index contributed by atoms with van der Waals surface area (Å²) in [7, 11) is 0. The van der Waals surface area contributed by atoms with Gasteiger partial charge in [-0.3, -0.25) is 4.79 Å². The van der Waals surface area contributed by atoms with Gasteiger partial charge in [-0.25, -0.2) is 4.39 Å². The zero-order valence-corrected chi connectivity index (χ0v) is 10.4. The van der Waals surface area contributed by atoms with Crippen LogP contribution in [0, 0.1) is 5.82 Å². The van der Waals surface area contributed by atoms with Crippen molar-refractivity contribution in [2.45, 2.75) is 38.1 Å². The zero-order chi connectivity index (χ0) is 12.8. The maximum absolute atomic E-state index is 13.3. The third kappa shape index (κ3) is 3.72. The van der Waals surface area contributed by atoms with Crippen molar-refractivity contribution in [2.75, 3.05) is 11.9 Å². The molecule has 0 radical (unpaired) electrons. The molecule has 1 saturated carbocycles. The van der Waals surface area contributed by atoms with Gasteiger partial charge in [0.05, 0.1) is 5.69 Å². The molecule has 0 bridgehead atoms. The van der Waals surface area contributed by atoms with Gasteiger partial charge in [0.15, 0.2) is 0 Å². The Labute approximate surface area is 107 Å². The van der Waals surface area contributed by atoms with Gasteiger partial charge in [0.1, 0.15) is 5.82 Å². The second-order valence-corrected chi connectivity index (χ2v) is 4.71. The Balaban J connectivity index is 1.68. The minimum absolute atomic E-state index is 0.0470. The highest BCUT2D eigenvalue weighted by molar-refractivity contribution is 5.76. The second-order valence-electron chi connectivity index (χ2n) is 4.71. The van der Waals surface area contributed by atoms with Crippen LogP contribution in [-0.2, 0) is 4.79 Å². The number of amides is 1. The van der Waals surface area contributed by atoms with Crippen LogP contribution in [0.15, 0.2) is 24.3 Å². The number of carbonyl (C=O) groups is 1. The van der Waals surface area contributed by atoms with Gasteiger partial charge in [0, 0.05) is 19.0 Å². The maximum atomic E-state index is 13.3. The van der Waals surface area contributed by atoms with Crippen molar-refractivity contribution >= 4 is 11.6 Å². The van der Waals surface area contributed by atoms with Gasteiger partial charge in [0.2, 0.25) is 5.91 Å². The lowest BCUT2D eigenvalue weighted by atomic mass is 10.2. The molecule has 2 rings (SSSR count). The topological polar surface area (TPSA) is 41.1 Å². The van der Waals surface area contributed by atoms with Gasteiger partial charge in [-0.05, 0) is 25.0 Å². The summed E-state index contributed by atoms with van der Waals surface area (Å²) in [6.07, 6.45) is 4.97. The van der Waals surface area contributed by atoms with Crippen molar-refractivity contribution in [3.8, 4) is 0 Å². The van der Waals surface area contributed by atoms with E-state index in [1.165, 1.54) is 18.9 Å². The first-order valence-corrected chi connectivity index (χ1v) is 6.53. The molecular weight excluding hydrogens is 231 g/mol. The van der Waals surface area contributed by atoms with E-state index in [0.29, 0.717) is 24.7 Å². The van der Waals surface area contributed by atoms with Crippen LogP contribution in [-0.4, -0.2) is 18.5 Å². The van der Waals surface area contributed by atoms with Crippen molar-refractivity contribution in [1.82, 2.24) is 5.32 Å². The van der Waals surface area contributed by atoms with Crippen molar-refractivity contribution in [3.63, 3.8) is 0 Å². The number of hydrogen-bond acceptors (Lipinski definition) is 2. The van der Waals surface area contributed by atoms with Gasteiger partial charge >= 0.3 is 0 Å². The van der Waals surface area contributed by atoms with Crippen LogP contribution < -0.4 is 10.6 Å². The lowest BCUT2D eigenvalue weighted by Crippen LogP contribution is -2.33. The molecule has 1 aromatic rings. The van der Waals surface area contributed by atoms with Gasteiger partial charge in [-0.1, -0.05) is 25.0 Å². The molecule has 0 atom stereocenters. The van der Waals surface area contributed by atoms with Crippen molar-refractivity contribution in [1.29, 1.82) is 0 Å². The molecular formula is C14H19FN2O. The van der Waals surface area contributed by atoms with Crippen LogP contribution in [0.5, 0.6) is 0 Å². The fourth-order valence-corrected chi connectivity index (χ4v) is 2.29. The Morgan fingerprint density at radius 2 is 2.00 bits per heavy atom. The van der Waals surface area contributed by atoms with E-state index >= 15 is 0 Å². The van der Waals surface area contributed by atoms with Crippen LogP contribution in [0.2, 0.25) is 0 Å². The normalized spacial score (nSPS) is 15.6. The molecule has 1 aliphatic carbocycles. The minimum Gasteiger partial charge on any atom is -0.382 e. The molecule has 1 amide bonds. The van der Waals surface area contributed by atoms with Crippen LogP contribution >= 0.6 is 0 Å². The molecule has 18 heavy (non-hydrogen) atoms. The van der Waals surface area contributed by atoms with Crippen LogP contribution in [0.25, 0.3) is 0 Å². The summed E-state index contributed by atoms with van der Waals surface area (Å²) in [6, 6.07) is 6.84. The summed E-state index contributed by atoms with van der Waals surface area (Å²) in [4.78, 5) is 11.6. The van der Waals surface area contributed by atoms with Crippen molar-refractivity contribution in [3.05, 3.63) is 30.1 Å². The molecule has 1 aromatic carbocycles. The predicted molar refractivity (Wildman–Crippen MR) is 69.9 cm³/mol. The summed E-state index contributed by atoms with van der Waals surface area (Å²) in [5.41, 5.74) is 0.450. The number of nitrogens with one attached hydrogen (secondary N) is 2. The Hall–Kier alpha value is -1.58. The highest BCUT2D eigenvalue weighted by Crippen LogP contribution is 2.17. The number of carbonyl (C=O) groups excluding carboxylic acids is 1. The molecule has 0 unspecified atom stereocenters. The van der Waals surface area contributed by atoms with E-state index in [1.807, 2.05) is 0 Å².